The minimum Gasteiger partial charge on any atom is -0.477 e. The first-order valence-corrected chi connectivity index (χ1v) is 10.1. The number of amidine groups is 1. The molecule has 1 aromatic heterocycles. The molecule has 9 heteroatoms. The quantitative estimate of drug-likeness (QED) is 0.621. The van der Waals surface area contributed by atoms with E-state index in [0.29, 0.717) is 18.0 Å². The summed E-state index contributed by atoms with van der Waals surface area (Å²) in [6.45, 7) is 4.67. The van der Waals surface area contributed by atoms with E-state index in [1.807, 2.05) is 25.1 Å². The van der Waals surface area contributed by atoms with Crippen LogP contribution in [0.4, 0.5) is 0 Å². The van der Waals surface area contributed by atoms with Gasteiger partial charge in [-0.2, -0.15) is 0 Å². The Bertz CT molecular complexity index is 870. The Kier molecular flexibility index (Phi) is 4.88. The van der Waals surface area contributed by atoms with Crippen molar-refractivity contribution in [2.75, 3.05) is 13.1 Å². The molecule has 3 aliphatic heterocycles. The first-order valence-electron chi connectivity index (χ1n) is 9.25. The summed E-state index contributed by atoms with van der Waals surface area (Å²) in [5, 5.41) is 23.0. The molecule has 0 radical (unpaired) electrons. The topological polar surface area (TPSA) is 115 Å². The minimum absolute atomic E-state index is 0.0538. The maximum Gasteiger partial charge on any atom is 0.353 e. The predicted octanol–water partition coefficient (Wildman–Crippen LogP) is 0.687. The number of nitrogens with one attached hydrogen (secondary N) is 1. The molecule has 5 atom stereocenters. The molecule has 1 aromatic rings. The van der Waals surface area contributed by atoms with E-state index in [1.165, 1.54) is 16.7 Å². The van der Waals surface area contributed by atoms with E-state index >= 15 is 0 Å². The number of carbonyl (C=O) groups excluding carboxylic acids is 1. The number of pyridine rings is 1. The maximum absolute atomic E-state index is 12.4. The summed E-state index contributed by atoms with van der Waals surface area (Å²) in [5.74, 6) is -1.35. The Balaban J connectivity index is 1.52. The molecule has 0 spiro atoms. The van der Waals surface area contributed by atoms with Crippen molar-refractivity contribution in [1.82, 2.24) is 15.2 Å². The molecule has 148 valence electrons. The lowest BCUT2D eigenvalue weighted by molar-refractivity contribution is -0.163. The van der Waals surface area contributed by atoms with E-state index in [9.17, 15) is 19.8 Å². The molecule has 3 aliphatic rings. The number of hydrogen-bond donors (Lipinski definition) is 3. The van der Waals surface area contributed by atoms with Crippen molar-refractivity contribution in [3.63, 3.8) is 0 Å². The molecule has 3 N–H and O–H groups in total. The molecule has 1 fully saturated rings. The number of carbonyl (C=O) groups is 2. The number of carboxylic acids is 1. The number of aromatic nitrogens is 1. The Morgan fingerprint density at radius 2 is 2.21 bits per heavy atom. The summed E-state index contributed by atoms with van der Waals surface area (Å²) in [7, 11) is 0. The van der Waals surface area contributed by atoms with Gasteiger partial charge < -0.3 is 20.4 Å². The number of aliphatic imine (C=N–C) groups is 1. The van der Waals surface area contributed by atoms with Crippen LogP contribution < -0.4 is 5.32 Å². The van der Waals surface area contributed by atoms with Crippen molar-refractivity contribution in [3.8, 4) is 0 Å². The van der Waals surface area contributed by atoms with Crippen molar-refractivity contribution >= 4 is 29.5 Å². The second-order valence-electron chi connectivity index (χ2n) is 7.30. The van der Waals surface area contributed by atoms with Crippen molar-refractivity contribution in [2.24, 2.45) is 16.8 Å². The first-order chi connectivity index (χ1) is 13.4. The molecule has 1 unspecified atom stereocenters. The lowest BCUT2D eigenvalue weighted by atomic mass is 9.79. The summed E-state index contributed by atoms with van der Waals surface area (Å²) in [5.41, 5.74) is 0.837. The zero-order chi connectivity index (χ0) is 20.0. The van der Waals surface area contributed by atoms with E-state index in [-0.39, 0.29) is 28.8 Å². The fraction of sp³-hybridized carbons (Fsp3) is 0.474. The van der Waals surface area contributed by atoms with Gasteiger partial charge in [-0.3, -0.25) is 14.8 Å². The zero-order valence-electron chi connectivity index (χ0n) is 15.6. The highest BCUT2D eigenvalue weighted by molar-refractivity contribution is 8.03. The number of nitrogens with zero attached hydrogens (tertiary/aromatic N) is 3. The SMILES string of the molecule is C[C@@H](O)[C@H]1C(=O)N2C(C(=O)O)=C(SC3CN=C(c4ccccn4)NC3)[C@H](C)[C@H]12. The van der Waals surface area contributed by atoms with E-state index in [1.54, 1.807) is 13.1 Å². The number of aliphatic carboxylic acids is 1. The smallest absolute Gasteiger partial charge is 0.353 e. The van der Waals surface area contributed by atoms with E-state index in [0.717, 1.165) is 11.5 Å². The number of aliphatic hydroxyl groups is 1. The number of thioether (sulfide) groups is 1. The van der Waals surface area contributed by atoms with Crippen LogP contribution in [0.2, 0.25) is 0 Å². The van der Waals surface area contributed by atoms with Gasteiger partial charge in [-0.15, -0.1) is 11.8 Å². The summed E-state index contributed by atoms with van der Waals surface area (Å²) < 4.78 is 0. The van der Waals surface area contributed by atoms with Crippen molar-refractivity contribution < 1.29 is 19.8 Å². The maximum atomic E-state index is 12.4. The molecule has 0 aromatic carbocycles. The van der Waals surface area contributed by atoms with Crippen molar-refractivity contribution in [3.05, 3.63) is 40.7 Å². The summed E-state index contributed by atoms with van der Waals surface area (Å²) in [4.78, 5) is 35.2. The third kappa shape index (κ3) is 2.98. The van der Waals surface area contributed by atoms with E-state index in [4.69, 9.17) is 0 Å². The largest absolute Gasteiger partial charge is 0.477 e. The Morgan fingerprint density at radius 3 is 2.79 bits per heavy atom. The van der Waals surface area contributed by atoms with Crippen LogP contribution in [0.5, 0.6) is 0 Å². The highest BCUT2D eigenvalue weighted by Gasteiger charge is 2.60. The van der Waals surface area contributed by atoms with Crippen LogP contribution >= 0.6 is 11.8 Å². The van der Waals surface area contributed by atoms with Gasteiger partial charge in [-0.1, -0.05) is 13.0 Å². The number of β-lactam (4-membered cyclic amide) rings is 1. The molecule has 4 rings (SSSR count). The minimum atomic E-state index is -1.10. The summed E-state index contributed by atoms with van der Waals surface area (Å²) >= 11 is 1.47. The van der Waals surface area contributed by atoms with Crippen LogP contribution in [0.3, 0.4) is 0 Å². The van der Waals surface area contributed by atoms with Crippen molar-refractivity contribution in [2.45, 2.75) is 31.2 Å². The van der Waals surface area contributed by atoms with Crippen LogP contribution in [0.1, 0.15) is 19.5 Å². The molecule has 0 aliphatic carbocycles. The van der Waals surface area contributed by atoms with Crippen LogP contribution in [0.15, 0.2) is 40.0 Å². The Hall–Kier alpha value is -2.39. The number of hydrogen-bond acceptors (Lipinski definition) is 7. The highest BCUT2D eigenvalue weighted by Crippen LogP contribution is 2.51. The summed E-state index contributed by atoms with van der Waals surface area (Å²) in [6.07, 6.45) is 0.919. The average Bonchev–Trinajstić information content (AvgIpc) is 2.92. The van der Waals surface area contributed by atoms with Crippen LogP contribution in [-0.4, -0.2) is 68.3 Å². The molecule has 4 heterocycles. The predicted molar refractivity (Wildman–Crippen MR) is 105 cm³/mol. The van der Waals surface area contributed by atoms with Gasteiger partial charge in [-0.05, 0) is 19.1 Å². The number of carboxylic acid groups (broad SMARTS) is 1. The summed E-state index contributed by atoms with van der Waals surface area (Å²) in [6, 6.07) is 5.34. The van der Waals surface area contributed by atoms with Gasteiger partial charge in [0.2, 0.25) is 5.91 Å². The monoisotopic (exact) mass is 402 g/mol. The Labute approximate surface area is 166 Å². The number of rotatable bonds is 5. The molecule has 1 amide bonds. The van der Waals surface area contributed by atoms with Gasteiger partial charge in [0.1, 0.15) is 17.2 Å². The first kappa shape index (κ1) is 18.9. The fourth-order valence-electron chi connectivity index (χ4n) is 4.14. The van der Waals surface area contributed by atoms with Gasteiger partial charge >= 0.3 is 5.97 Å². The average molecular weight is 402 g/mol. The van der Waals surface area contributed by atoms with Gasteiger partial charge in [0, 0.05) is 28.8 Å². The lowest BCUT2D eigenvalue weighted by Crippen LogP contribution is -2.63. The number of amides is 1. The Morgan fingerprint density at radius 1 is 1.43 bits per heavy atom. The third-order valence-electron chi connectivity index (χ3n) is 5.46. The molecular weight excluding hydrogens is 380 g/mol. The van der Waals surface area contributed by atoms with Gasteiger partial charge in [0.05, 0.1) is 24.6 Å². The third-order valence-corrected chi connectivity index (χ3v) is 6.93. The molecule has 0 saturated carbocycles. The number of fused-ring (bicyclic) bond motifs is 1. The van der Waals surface area contributed by atoms with Gasteiger partial charge in [-0.25, -0.2) is 4.79 Å². The molecule has 1 saturated heterocycles. The molecule has 28 heavy (non-hydrogen) atoms. The van der Waals surface area contributed by atoms with Crippen LogP contribution in [0.25, 0.3) is 0 Å². The fourth-order valence-corrected chi connectivity index (χ4v) is 5.46. The van der Waals surface area contributed by atoms with E-state index < -0.39 is 18.0 Å². The second-order valence-corrected chi connectivity index (χ2v) is 8.64. The van der Waals surface area contributed by atoms with Crippen molar-refractivity contribution in [1.29, 1.82) is 0 Å². The van der Waals surface area contributed by atoms with Crippen LogP contribution in [-0.2, 0) is 9.59 Å². The zero-order valence-corrected chi connectivity index (χ0v) is 16.4. The second kappa shape index (κ2) is 7.21. The van der Waals surface area contributed by atoms with E-state index in [2.05, 4.69) is 15.3 Å². The number of aliphatic hydroxyl groups excluding tert-OH is 1. The van der Waals surface area contributed by atoms with Gasteiger partial charge in [0.25, 0.3) is 0 Å². The lowest BCUT2D eigenvalue weighted by Gasteiger charge is -2.46. The van der Waals surface area contributed by atoms with Crippen LogP contribution in [0, 0.1) is 11.8 Å². The molecule has 8 nitrogen and oxygen atoms in total. The molecular formula is C19H22N4O4S. The standard InChI is InChI=1S/C19H22N4O4S/c1-9-14-13(10(2)24)18(25)23(14)15(19(26)27)16(9)28-11-7-21-17(22-8-11)12-5-3-4-6-20-12/h3-6,9-11,13-14,24H,7-8H2,1-2H3,(H,21,22)(H,26,27)/t9-,10-,13-,14-/m1/s1. The molecule has 0 bridgehead atoms. The normalized spacial score (nSPS) is 30.3. The highest BCUT2D eigenvalue weighted by atomic mass is 32.2. The van der Waals surface area contributed by atoms with Gasteiger partial charge in [0.15, 0.2) is 0 Å².